The number of nitrogens with zero attached hydrogens (tertiary/aromatic N) is 2. The molecule has 0 aliphatic carbocycles. The highest BCUT2D eigenvalue weighted by Gasteiger charge is 2.21. The second-order valence-corrected chi connectivity index (χ2v) is 7.65. The Bertz CT molecular complexity index is 1380. The second kappa shape index (κ2) is 7.42. The van der Waals surface area contributed by atoms with Gasteiger partial charge < -0.3 is 14.3 Å². The Morgan fingerprint density at radius 3 is 2.67 bits per heavy atom. The van der Waals surface area contributed by atoms with E-state index in [1.165, 1.54) is 28.8 Å². The summed E-state index contributed by atoms with van der Waals surface area (Å²) in [5, 5.41) is 12.1. The lowest BCUT2D eigenvalue weighted by molar-refractivity contribution is -0.385. The zero-order chi connectivity index (χ0) is 21.6. The molecule has 152 valence electrons. The maximum absolute atomic E-state index is 14.0. The molecule has 0 fully saturated rings. The molecule has 0 saturated heterocycles. The van der Waals surface area contributed by atoms with E-state index < -0.39 is 10.7 Å². The number of ether oxygens (including phenoxy) is 1. The third-order valence-corrected chi connectivity index (χ3v) is 5.44. The number of hydrogen-bond acceptors (Lipinski definition) is 4. The summed E-state index contributed by atoms with van der Waals surface area (Å²) in [5.41, 5.74) is 1.44. The van der Waals surface area contributed by atoms with Crippen LogP contribution in [0.3, 0.4) is 0 Å². The van der Waals surface area contributed by atoms with Crippen molar-refractivity contribution in [3.05, 3.63) is 85.1 Å². The molecule has 0 atom stereocenters. The van der Waals surface area contributed by atoms with Crippen molar-refractivity contribution in [3.8, 4) is 22.6 Å². The number of hydrogen-bond donors (Lipinski definition) is 1. The molecule has 0 spiro atoms. The topological polar surface area (TPSA) is 90.2 Å². The summed E-state index contributed by atoms with van der Waals surface area (Å²) in [6.45, 7) is 1.60. The minimum absolute atomic E-state index is 0.0862. The summed E-state index contributed by atoms with van der Waals surface area (Å²) in [4.78, 5) is 26.4. The first kappa shape index (κ1) is 19.8. The van der Waals surface area contributed by atoms with Gasteiger partial charge in [-0.05, 0) is 47.1 Å². The number of aromatic amines is 1. The predicted octanol–water partition coefficient (Wildman–Crippen LogP) is 5.44. The molecule has 7 nitrogen and oxygen atoms in total. The lowest BCUT2D eigenvalue weighted by Crippen LogP contribution is -2.16. The molecule has 0 saturated carbocycles. The van der Waals surface area contributed by atoms with E-state index in [0.29, 0.717) is 37.8 Å². The molecule has 0 bridgehead atoms. The molecule has 0 aliphatic rings. The van der Waals surface area contributed by atoms with Gasteiger partial charge in [-0.2, -0.15) is 0 Å². The van der Waals surface area contributed by atoms with E-state index >= 15 is 0 Å². The first-order chi connectivity index (χ1) is 14.3. The molecule has 2 aromatic heterocycles. The van der Waals surface area contributed by atoms with E-state index in [4.69, 9.17) is 4.74 Å². The second-order valence-electron chi connectivity index (χ2n) is 6.80. The summed E-state index contributed by atoms with van der Waals surface area (Å²) in [7, 11) is 1.60. The van der Waals surface area contributed by atoms with Crippen LogP contribution in [0.5, 0.6) is 11.5 Å². The Kier molecular flexibility index (Phi) is 4.90. The molecule has 4 aromatic rings. The number of halogens is 2. The monoisotopic (exact) mass is 471 g/mol. The minimum Gasteiger partial charge on any atom is -0.457 e. The third-order valence-electron chi connectivity index (χ3n) is 4.80. The predicted molar refractivity (Wildman–Crippen MR) is 115 cm³/mol. The van der Waals surface area contributed by atoms with Gasteiger partial charge in [-0.15, -0.1) is 0 Å². The van der Waals surface area contributed by atoms with Crippen molar-refractivity contribution >= 4 is 32.5 Å². The van der Waals surface area contributed by atoms with Crippen molar-refractivity contribution in [2.75, 3.05) is 0 Å². The number of aromatic nitrogens is 2. The number of rotatable bonds is 4. The summed E-state index contributed by atoms with van der Waals surface area (Å²) < 4.78 is 21.6. The molecule has 0 unspecified atom stereocenters. The summed E-state index contributed by atoms with van der Waals surface area (Å²) in [6.07, 6.45) is 3.23. The lowest BCUT2D eigenvalue weighted by Gasteiger charge is -2.15. The molecule has 1 N–H and O–H groups in total. The number of nitro groups is 1. The number of benzene rings is 2. The zero-order valence-corrected chi connectivity index (χ0v) is 17.5. The Morgan fingerprint density at radius 1 is 1.20 bits per heavy atom. The SMILES string of the molecule is Cc1cc(Oc2ccc(Br)c(F)c2)c(-c2cn(C)c(=O)c3[nH]ccc23)cc1[N+](=O)[O-]. The first-order valence-corrected chi connectivity index (χ1v) is 9.64. The highest BCUT2D eigenvalue weighted by atomic mass is 79.9. The number of nitro benzene ring substituents is 1. The van der Waals surface area contributed by atoms with Crippen molar-refractivity contribution in [1.29, 1.82) is 0 Å². The average molecular weight is 472 g/mol. The van der Waals surface area contributed by atoms with Crippen molar-refractivity contribution < 1.29 is 14.1 Å². The fourth-order valence-electron chi connectivity index (χ4n) is 3.31. The molecular formula is C21H15BrFN3O4. The standard InChI is InChI=1S/C21H15BrFN3O4/c1-11-7-19(30-12-3-4-16(22)17(23)8-12)14(9-18(11)26(28)29)15-10-25(2)21(27)20-13(15)5-6-24-20/h3-10,24H,1-2H3. The van der Waals surface area contributed by atoms with Gasteiger partial charge in [0.2, 0.25) is 0 Å². The molecular weight excluding hydrogens is 457 g/mol. The fraction of sp³-hybridized carbons (Fsp3) is 0.0952. The van der Waals surface area contributed by atoms with Gasteiger partial charge in [-0.1, -0.05) is 0 Å². The summed E-state index contributed by atoms with van der Waals surface area (Å²) in [5.74, 6) is 0.0455. The third kappa shape index (κ3) is 3.37. The van der Waals surface area contributed by atoms with Crippen molar-refractivity contribution in [3.63, 3.8) is 0 Å². The molecule has 2 aromatic carbocycles. The van der Waals surface area contributed by atoms with Gasteiger partial charge in [0.05, 0.1) is 9.40 Å². The Morgan fingerprint density at radius 2 is 1.97 bits per heavy atom. The lowest BCUT2D eigenvalue weighted by atomic mass is 10.00. The van der Waals surface area contributed by atoms with E-state index in [2.05, 4.69) is 20.9 Å². The number of pyridine rings is 1. The van der Waals surface area contributed by atoms with Crippen LogP contribution in [0.1, 0.15) is 5.56 Å². The zero-order valence-electron chi connectivity index (χ0n) is 15.9. The highest BCUT2D eigenvalue weighted by molar-refractivity contribution is 9.10. The highest BCUT2D eigenvalue weighted by Crippen LogP contribution is 2.40. The Balaban J connectivity index is 1.98. The normalized spacial score (nSPS) is 11.1. The van der Waals surface area contributed by atoms with E-state index in [1.54, 1.807) is 38.5 Å². The number of fused-ring (bicyclic) bond motifs is 1. The molecule has 0 aliphatic heterocycles. The van der Waals surface area contributed by atoms with E-state index in [1.807, 2.05) is 0 Å². The van der Waals surface area contributed by atoms with Gasteiger partial charge in [-0.25, -0.2) is 4.39 Å². The summed E-state index contributed by atoms with van der Waals surface area (Å²) >= 11 is 3.10. The van der Waals surface area contributed by atoms with E-state index in [0.717, 1.165) is 0 Å². The molecule has 0 radical (unpaired) electrons. The number of nitrogens with one attached hydrogen (secondary N) is 1. The molecule has 2 heterocycles. The molecule has 9 heteroatoms. The van der Waals surface area contributed by atoms with Gasteiger partial charge in [0.15, 0.2) is 0 Å². The van der Waals surface area contributed by atoms with Crippen molar-refractivity contribution in [2.45, 2.75) is 6.92 Å². The van der Waals surface area contributed by atoms with Gasteiger partial charge in [0.1, 0.15) is 22.8 Å². The smallest absolute Gasteiger partial charge is 0.274 e. The quantitative estimate of drug-likeness (QED) is 0.316. The average Bonchev–Trinajstić information content (AvgIpc) is 3.18. The van der Waals surface area contributed by atoms with E-state index in [-0.39, 0.29) is 17.0 Å². The molecule has 4 rings (SSSR count). The van der Waals surface area contributed by atoms with Crippen LogP contribution in [0.15, 0.2) is 58.1 Å². The van der Waals surface area contributed by atoms with Crippen molar-refractivity contribution in [2.24, 2.45) is 7.05 Å². The van der Waals surface area contributed by atoms with Crippen LogP contribution >= 0.6 is 15.9 Å². The molecule has 30 heavy (non-hydrogen) atoms. The van der Waals surface area contributed by atoms with Gasteiger partial charge in [-0.3, -0.25) is 14.9 Å². The van der Waals surface area contributed by atoms with Crippen LogP contribution in [0.4, 0.5) is 10.1 Å². The van der Waals surface area contributed by atoms with Crippen LogP contribution in [0, 0.1) is 22.9 Å². The van der Waals surface area contributed by atoms with Gasteiger partial charge in [0.25, 0.3) is 11.2 Å². The number of aryl methyl sites for hydroxylation is 2. The maximum Gasteiger partial charge on any atom is 0.274 e. The van der Waals surface area contributed by atoms with Crippen molar-refractivity contribution in [1.82, 2.24) is 9.55 Å². The largest absolute Gasteiger partial charge is 0.457 e. The maximum atomic E-state index is 14.0. The van der Waals surface area contributed by atoms with Crippen LogP contribution in [0.2, 0.25) is 0 Å². The van der Waals surface area contributed by atoms with E-state index in [9.17, 15) is 19.3 Å². The van der Waals surface area contributed by atoms with Crippen LogP contribution in [0.25, 0.3) is 22.0 Å². The first-order valence-electron chi connectivity index (χ1n) is 8.85. The number of H-pyrrole nitrogens is 1. The Labute approximate surface area is 178 Å². The van der Waals surface area contributed by atoms with Gasteiger partial charge in [0, 0.05) is 53.7 Å². The van der Waals surface area contributed by atoms with Crippen LogP contribution in [-0.4, -0.2) is 14.5 Å². The molecule has 0 amide bonds. The van der Waals surface area contributed by atoms with Gasteiger partial charge >= 0.3 is 0 Å². The van der Waals surface area contributed by atoms with Crippen LogP contribution < -0.4 is 10.3 Å². The fourth-order valence-corrected chi connectivity index (χ4v) is 3.56. The summed E-state index contributed by atoms with van der Waals surface area (Å²) in [6, 6.07) is 8.99. The minimum atomic E-state index is -0.497. The van der Waals surface area contributed by atoms with Crippen LogP contribution in [-0.2, 0) is 7.05 Å². The Hall–Kier alpha value is -3.46.